The molecular weight excluding hydrogens is 286 g/mol. The van der Waals surface area contributed by atoms with Gasteiger partial charge in [0.05, 0.1) is 29.5 Å². The van der Waals surface area contributed by atoms with Gasteiger partial charge < -0.3 is 10.2 Å². The van der Waals surface area contributed by atoms with E-state index in [-0.39, 0.29) is 19.6 Å². The number of carboxylic acids is 2. The summed E-state index contributed by atoms with van der Waals surface area (Å²) in [6.07, 6.45) is 0.663. The van der Waals surface area contributed by atoms with Gasteiger partial charge in [-0.05, 0) is 13.3 Å². The van der Waals surface area contributed by atoms with Crippen molar-refractivity contribution in [1.29, 1.82) is 0 Å². The van der Waals surface area contributed by atoms with Gasteiger partial charge in [-0.1, -0.05) is 18.5 Å². The molecule has 0 bridgehead atoms. The maximum Gasteiger partial charge on any atom is 0.317 e. The third-order valence-electron chi connectivity index (χ3n) is 2.79. The highest BCUT2D eigenvalue weighted by molar-refractivity contribution is 6.31. The summed E-state index contributed by atoms with van der Waals surface area (Å²) in [5.74, 6) is -2.17. The van der Waals surface area contributed by atoms with Gasteiger partial charge in [0.2, 0.25) is 0 Å². The van der Waals surface area contributed by atoms with E-state index in [0.29, 0.717) is 23.7 Å². The number of halogens is 1. The lowest BCUT2D eigenvalue weighted by Gasteiger charge is -2.18. The molecule has 20 heavy (non-hydrogen) atoms. The van der Waals surface area contributed by atoms with Crippen LogP contribution in [0.1, 0.15) is 25.2 Å². The zero-order chi connectivity index (χ0) is 15.3. The topological polar surface area (TPSA) is 95.7 Å². The predicted molar refractivity (Wildman–Crippen MR) is 72.8 cm³/mol. The van der Waals surface area contributed by atoms with Crippen molar-refractivity contribution in [2.45, 2.75) is 33.4 Å². The molecule has 1 aromatic heterocycles. The largest absolute Gasteiger partial charge is 0.480 e. The number of carbonyl (C=O) groups is 2. The van der Waals surface area contributed by atoms with Crippen molar-refractivity contribution in [2.24, 2.45) is 0 Å². The molecule has 0 atom stereocenters. The molecule has 1 heterocycles. The minimum atomic E-state index is -1.08. The fourth-order valence-electron chi connectivity index (χ4n) is 1.93. The minimum absolute atomic E-state index is 0.137. The minimum Gasteiger partial charge on any atom is -0.480 e. The third-order valence-corrected chi connectivity index (χ3v) is 3.22. The van der Waals surface area contributed by atoms with Crippen molar-refractivity contribution in [1.82, 2.24) is 14.7 Å². The van der Waals surface area contributed by atoms with Crippen LogP contribution in [-0.4, -0.2) is 49.9 Å². The van der Waals surface area contributed by atoms with Gasteiger partial charge >= 0.3 is 11.9 Å². The van der Waals surface area contributed by atoms with Crippen LogP contribution in [0.5, 0.6) is 0 Å². The fourth-order valence-corrected chi connectivity index (χ4v) is 2.26. The third kappa shape index (κ3) is 4.21. The van der Waals surface area contributed by atoms with Crippen molar-refractivity contribution in [3.8, 4) is 0 Å². The summed E-state index contributed by atoms with van der Waals surface area (Å²) in [6, 6.07) is 0. The molecule has 1 rings (SSSR count). The molecule has 0 aliphatic rings. The highest BCUT2D eigenvalue weighted by Gasteiger charge is 2.20. The van der Waals surface area contributed by atoms with Gasteiger partial charge in [0.1, 0.15) is 0 Å². The van der Waals surface area contributed by atoms with Crippen LogP contribution in [0.3, 0.4) is 0 Å². The fraction of sp³-hybridized carbons (Fsp3) is 0.583. The zero-order valence-electron chi connectivity index (χ0n) is 11.5. The average molecular weight is 304 g/mol. The summed E-state index contributed by atoms with van der Waals surface area (Å²) in [4.78, 5) is 22.9. The molecule has 7 nitrogen and oxygen atoms in total. The molecular formula is C12H18ClN3O4. The summed E-state index contributed by atoms with van der Waals surface area (Å²) in [7, 11) is 0. The second kappa shape index (κ2) is 7.25. The second-order valence-electron chi connectivity index (χ2n) is 4.31. The molecule has 2 N–H and O–H groups in total. The first-order chi connectivity index (χ1) is 9.38. The molecule has 0 amide bonds. The summed E-state index contributed by atoms with van der Waals surface area (Å²) in [5, 5.41) is 22.5. The SMILES string of the molecule is CCc1nn(CC)c(CN(CC(=O)O)CC(=O)O)c1Cl. The van der Waals surface area contributed by atoms with Crippen LogP contribution >= 0.6 is 11.6 Å². The van der Waals surface area contributed by atoms with E-state index in [1.54, 1.807) is 4.68 Å². The van der Waals surface area contributed by atoms with Gasteiger partial charge in [-0.25, -0.2) is 0 Å². The van der Waals surface area contributed by atoms with Gasteiger partial charge in [-0.15, -0.1) is 0 Å². The van der Waals surface area contributed by atoms with E-state index in [9.17, 15) is 9.59 Å². The molecule has 0 unspecified atom stereocenters. The van der Waals surface area contributed by atoms with Crippen LogP contribution in [-0.2, 0) is 29.1 Å². The number of hydrogen-bond acceptors (Lipinski definition) is 4. The number of aryl methyl sites for hydroxylation is 2. The van der Waals surface area contributed by atoms with E-state index in [2.05, 4.69) is 5.10 Å². The molecule has 0 aliphatic carbocycles. The van der Waals surface area contributed by atoms with Gasteiger partial charge in [-0.2, -0.15) is 5.10 Å². The van der Waals surface area contributed by atoms with Crippen molar-refractivity contribution >= 4 is 23.5 Å². The lowest BCUT2D eigenvalue weighted by Crippen LogP contribution is -2.34. The predicted octanol–water partition coefficient (Wildman–Crippen LogP) is 1.09. The van der Waals surface area contributed by atoms with E-state index in [4.69, 9.17) is 21.8 Å². The van der Waals surface area contributed by atoms with Crippen molar-refractivity contribution in [3.05, 3.63) is 16.4 Å². The molecule has 0 radical (unpaired) electrons. The molecule has 0 fully saturated rings. The first-order valence-corrected chi connectivity index (χ1v) is 6.66. The Labute approximate surface area is 121 Å². The Kier molecular flexibility index (Phi) is 5.97. The average Bonchev–Trinajstić information content (AvgIpc) is 2.64. The maximum atomic E-state index is 10.8. The number of nitrogens with zero attached hydrogens (tertiary/aromatic N) is 3. The Hall–Kier alpha value is -1.60. The first kappa shape index (κ1) is 16.5. The van der Waals surface area contributed by atoms with E-state index in [0.717, 1.165) is 5.69 Å². The van der Waals surface area contributed by atoms with Gasteiger partial charge in [-0.3, -0.25) is 19.2 Å². The molecule has 0 saturated carbocycles. The molecule has 8 heteroatoms. The number of rotatable bonds is 8. The maximum absolute atomic E-state index is 10.8. The van der Waals surface area contributed by atoms with E-state index in [1.165, 1.54) is 4.90 Å². The van der Waals surface area contributed by atoms with Crippen molar-refractivity contribution < 1.29 is 19.8 Å². The number of carboxylic acid groups (broad SMARTS) is 2. The number of aliphatic carboxylic acids is 2. The molecule has 1 aromatic rings. The highest BCUT2D eigenvalue weighted by Crippen LogP contribution is 2.23. The smallest absolute Gasteiger partial charge is 0.317 e. The van der Waals surface area contributed by atoms with Gasteiger partial charge in [0.15, 0.2) is 0 Å². The second-order valence-corrected chi connectivity index (χ2v) is 4.69. The molecule has 0 aromatic carbocycles. The van der Waals surface area contributed by atoms with Crippen LogP contribution in [0.15, 0.2) is 0 Å². The van der Waals surface area contributed by atoms with E-state index in [1.807, 2.05) is 13.8 Å². The normalized spacial score (nSPS) is 11.0. The van der Waals surface area contributed by atoms with Crippen LogP contribution in [0.4, 0.5) is 0 Å². The highest BCUT2D eigenvalue weighted by atomic mass is 35.5. The Morgan fingerprint density at radius 3 is 2.20 bits per heavy atom. The summed E-state index contributed by atoms with van der Waals surface area (Å²) in [6.45, 7) is 3.81. The van der Waals surface area contributed by atoms with Crippen LogP contribution in [0.25, 0.3) is 0 Å². The molecule has 0 saturated heterocycles. The summed E-state index contributed by atoms with van der Waals surface area (Å²) in [5.41, 5.74) is 1.38. The monoisotopic (exact) mass is 303 g/mol. The van der Waals surface area contributed by atoms with Crippen molar-refractivity contribution in [2.75, 3.05) is 13.1 Å². The van der Waals surface area contributed by atoms with Crippen LogP contribution in [0, 0.1) is 0 Å². The van der Waals surface area contributed by atoms with E-state index >= 15 is 0 Å². The lowest BCUT2D eigenvalue weighted by atomic mass is 10.3. The summed E-state index contributed by atoms with van der Waals surface area (Å²) >= 11 is 6.22. The molecule has 0 aliphatic heterocycles. The Morgan fingerprint density at radius 1 is 1.25 bits per heavy atom. The van der Waals surface area contributed by atoms with E-state index < -0.39 is 11.9 Å². The zero-order valence-corrected chi connectivity index (χ0v) is 12.2. The Bertz CT molecular complexity index is 485. The number of hydrogen-bond donors (Lipinski definition) is 2. The van der Waals surface area contributed by atoms with Crippen LogP contribution < -0.4 is 0 Å². The Balaban J connectivity index is 2.99. The first-order valence-electron chi connectivity index (χ1n) is 6.28. The lowest BCUT2D eigenvalue weighted by molar-refractivity contribution is -0.142. The molecule has 112 valence electrons. The number of aromatic nitrogens is 2. The van der Waals surface area contributed by atoms with Gasteiger partial charge in [0, 0.05) is 13.1 Å². The van der Waals surface area contributed by atoms with Crippen molar-refractivity contribution in [3.63, 3.8) is 0 Å². The summed E-state index contributed by atoms with van der Waals surface area (Å²) < 4.78 is 1.68. The van der Waals surface area contributed by atoms with Gasteiger partial charge in [0.25, 0.3) is 0 Å². The Morgan fingerprint density at radius 2 is 1.80 bits per heavy atom. The standard InChI is InChI=1S/C12H18ClN3O4/c1-3-8-12(13)9(16(4-2)14-8)5-15(6-10(17)18)7-11(19)20/h3-7H2,1-2H3,(H,17,18)(H,19,20). The molecule has 0 spiro atoms. The van der Waals surface area contributed by atoms with Crippen LogP contribution in [0.2, 0.25) is 5.02 Å². The quantitative estimate of drug-likeness (QED) is 0.746.